The van der Waals surface area contributed by atoms with Crippen LogP contribution in [0.25, 0.3) is 16.9 Å². The van der Waals surface area contributed by atoms with Crippen molar-refractivity contribution in [1.29, 1.82) is 0 Å². The summed E-state index contributed by atoms with van der Waals surface area (Å²) in [7, 11) is 4.83. The number of carbonyl (C=O) groups excluding carboxylic acids is 4. The average Bonchev–Trinajstić information content (AvgIpc) is 2.90. The molecule has 1 fully saturated rings. The molecule has 0 bridgehead atoms. The molecule has 3 atom stereocenters. The van der Waals surface area contributed by atoms with E-state index >= 15 is 0 Å². The van der Waals surface area contributed by atoms with Gasteiger partial charge in [0.25, 0.3) is 5.91 Å². The number of fused-ring (bicyclic) bond motifs is 3. The van der Waals surface area contributed by atoms with Crippen molar-refractivity contribution in [2.75, 3.05) is 26.1 Å². The lowest BCUT2D eigenvalue weighted by Gasteiger charge is -2.46. The number of aliphatic hydroxyl groups excluding tert-OH is 2. The zero-order chi connectivity index (χ0) is 29.3. The number of aromatic hydroxyl groups is 1. The third kappa shape index (κ3) is 3.69. The SMILES string of the molecule is COC(=O)c1ccc(-c2cc(N(C)C)c3c(c2O)C(O)=C2C(=O)C4(O)C(O)=C(C(N)=O)C(=O)CC4CC2C3)cc1. The minimum atomic E-state index is -2.63. The smallest absolute Gasteiger partial charge is 0.337 e. The highest BCUT2D eigenvalue weighted by molar-refractivity contribution is 6.22. The number of methoxy groups -OCH3 is 1. The maximum atomic E-state index is 13.8. The van der Waals surface area contributed by atoms with Gasteiger partial charge in [-0.05, 0) is 48.1 Å². The highest BCUT2D eigenvalue weighted by atomic mass is 16.5. The summed E-state index contributed by atoms with van der Waals surface area (Å²) in [6, 6.07) is 8.00. The molecule has 1 amide bonds. The van der Waals surface area contributed by atoms with Crippen molar-refractivity contribution in [2.45, 2.75) is 24.9 Å². The van der Waals surface area contributed by atoms with E-state index in [4.69, 9.17) is 10.5 Å². The van der Waals surface area contributed by atoms with E-state index in [-0.39, 0.29) is 36.1 Å². The van der Waals surface area contributed by atoms with Crippen LogP contribution in [0.15, 0.2) is 47.2 Å². The number of ketones is 2. The predicted octanol–water partition coefficient (Wildman–Crippen LogP) is 1.94. The Bertz CT molecular complexity index is 1570. The van der Waals surface area contributed by atoms with Crippen molar-refractivity contribution < 1.29 is 44.3 Å². The van der Waals surface area contributed by atoms with Crippen LogP contribution in [0.5, 0.6) is 5.75 Å². The van der Waals surface area contributed by atoms with Crippen LogP contribution >= 0.6 is 0 Å². The van der Waals surface area contributed by atoms with Crippen molar-refractivity contribution in [1.82, 2.24) is 0 Å². The van der Waals surface area contributed by atoms with Crippen molar-refractivity contribution in [3.63, 3.8) is 0 Å². The van der Waals surface area contributed by atoms with E-state index in [0.717, 1.165) is 0 Å². The summed E-state index contributed by atoms with van der Waals surface area (Å²) < 4.78 is 4.73. The second-order valence-corrected chi connectivity index (χ2v) is 10.5. The Morgan fingerprint density at radius 3 is 2.30 bits per heavy atom. The molecule has 11 nitrogen and oxygen atoms in total. The lowest BCUT2D eigenvalue weighted by molar-refractivity contribution is -0.147. The number of anilines is 1. The number of phenolic OH excluding ortho intramolecular Hbond substituents is 1. The van der Waals surface area contributed by atoms with E-state index in [2.05, 4.69) is 0 Å². The largest absolute Gasteiger partial charge is 0.508 e. The van der Waals surface area contributed by atoms with Crippen LogP contribution < -0.4 is 10.6 Å². The van der Waals surface area contributed by atoms with Crippen molar-refractivity contribution in [3.05, 3.63) is 63.9 Å². The normalized spacial score (nSPS) is 23.8. The molecular formula is C29H28N2O9. The fourth-order valence-corrected chi connectivity index (χ4v) is 6.19. The number of hydrogen-bond acceptors (Lipinski definition) is 10. The lowest BCUT2D eigenvalue weighted by atomic mass is 9.59. The molecule has 0 aromatic heterocycles. The molecule has 2 aromatic rings. The van der Waals surface area contributed by atoms with Crippen LogP contribution in [0.3, 0.4) is 0 Å². The number of ether oxygens (including phenoxy) is 1. The van der Waals surface area contributed by atoms with Gasteiger partial charge < -0.3 is 35.8 Å². The van der Waals surface area contributed by atoms with E-state index in [1.165, 1.54) is 19.2 Å². The standard InChI is InChI=1S/C29H28N2O9/c1-31(2)18-11-16(12-4-6-13(7-5-12)28(38)40-3)23(33)21-17(18)9-14-8-15-10-19(32)22(27(30)37)26(36)29(15,39)25(35)20(14)24(21)34/h4-7,11,14-15,33-34,36,39H,8-10H2,1-3H3,(H2,30,37). The Morgan fingerprint density at radius 2 is 1.73 bits per heavy atom. The molecule has 0 radical (unpaired) electrons. The molecule has 1 saturated carbocycles. The van der Waals surface area contributed by atoms with Gasteiger partial charge in [-0.25, -0.2) is 4.79 Å². The summed E-state index contributed by atoms with van der Waals surface area (Å²) in [6.45, 7) is 0. The van der Waals surface area contributed by atoms with Gasteiger partial charge in [0, 0.05) is 43.3 Å². The Hall–Kier alpha value is -4.64. The van der Waals surface area contributed by atoms with Crippen molar-refractivity contribution >= 4 is 34.9 Å². The first-order valence-corrected chi connectivity index (χ1v) is 12.5. The molecule has 2 aromatic carbocycles. The monoisotopic (exact) mass is 548 g/mol. The number of aliphatic hydroxyl groups is 3. The molecule has 5 rings (SSSR count). The fourth-order valence-electron chi connectivity index (χ4n) is 6.19. The third-order valence-corrected chi connectivity index (χ3v) is 8.14. The number of esters is 1. The summed E-state index contributed by atoms with van der Waals surface area (Å²) in [4.78, 5) is 51.8. The quantitative estimate of drug-likeness (QED) is 0.279. The van der Waals surface area contributed by atoms with Crippen LogP contribution in [0.4, 0.5) is 5.69 Å². The number of rotatable bonds is 4. The first kappa shape index (κ1) is 26.9. The average molecular weight is 549 g/mol. The van der Waals surface area contributed by atoms with Gasteiger partial charge in [-0.2, -0.15) is 0 Å². The van der Waals surface area contributed by atoms with Gasteiger partial charge >= 0.3 is 5.97 Å². The second-order valence-electron chi connectivity index (χ2n) is 10.5. The van der Waals surface area contributed by atoms with Crippen LogP contribution in [0.1, 0.15) is 34.3 Å². The Balaban J connectivity index is 1.71. The predicted molar refractivity (Wildman–Crippen MR) is 142 cm³/mol. The number of amides is 1. The van der Waals surface area contributed by atoms with Gasteiger partial charge in [-0.1, -0.05) is 12.1 Å². The first-order valence-electron chi connectivity index (χ1n) is 12.5. The molecule has 40 heavy (non-hydrogen) atoms. The summed E-state index contributed by atoms with van der Waals surface area (Å²) in [5.41, 5.74) is 3.89. The summed E-state index contributed by atoms with van der Waals surface area (Å²) in [5.74, 6) is -7.31. The van der Waals surface area contributed by atoms with Gasteiger partial charge in [0.05, 0.1) is 18.2 Å². The molecule has 0 saturated heterocycles. The van der Waals surface area contributed by atoms with E-state index in [1.54, 1.807) is 37.2 Å². The van der Waals surface area contributed by atoms with E-state index < -0.39 is 58.0 Å². The molecule has 6 N–H and O–H groups in total. The van der Waals surface area contributed by atoms with Crippen molar-refractivity contribution in [3.8, 4) is 16.9 Å². The summed E-state index contributed by atoms with van der Waals surface area (Å²) in [5, 5.41) is 45.1. The van der Waals surface area contributed by atoms with Crippen LogP contribution in [0, 0.1) is 11.8 Å². The highest BCUT2D eigenvalue weighted by Crippen LogP contribution is 2.54. The maximum absolute atomic E-state index is 13.8. The van der Waals surface area contributed by atoms with E-state index in [9.17, 15) is 39.6 Å². The summed E-state index contributed by atoms with van der Waals surface area (Å²) >= 11 is 0. The van der Waals surface area contributed by atoms with Gasteiger partial charge in [0.15, 0.2) is 11.4 Å². The highest BCUT2D eigenvalue weighted by Gasteiger charge is 2.60. The van der Waals surface area contributed by atoms with E-state index in [1.807, 2.05) is 0 Å². The third-order valence-electron chi connectivity index (χ3n) is 8.14. The van der Waals surface area contributed by atoms with Crippen LogP contribution in [-0.2, 0) is 25.5 Å². The maximum Gasteiger partial charge on any atom is 0.337 e. The first-order chi connectivity index (χ1) is 18.8. The zero-order valence-electron chi connectivity index (χ0n) is 22.0. The molecular weight excluding hydrogens is 520 g/mol. The molecule has 208 valence electrons. The molecule has 0 aliphatic heterocycles. The molecule has 11 heteroatoms. The molecule has 0 spiro atoms. The van der Waals surface area contributed by atoms with Crippen LogP contribution in [0.2, 0.25) is 0 Å². The number of benzene rings is 2. The Morgan fingerprint density at radius 1 is 1.07 bits per heavy atom. The number of carbonyl (C=O) groups is 4. The van der Waals surface area contributed by atoms with Gasteiger partial charge in [0.2, 0.25) is 5.78 Å². The molecule has 3 unspecified atom stereocenters. The number of phenols is 1. The second kappa shape index (κ2) is 9.23. The lowest BCUT2D eigenvalue weighted by Crippen LogP contribution is -2.58. The summed E-state index contributed by atoms with van der Waals surface area (Å²) in [6.07, 6.45) is -0.140. The number of primary amides is 1. The number of Topliss-reactive ketones (excluding diaryl/α,β-unsaturated/α-hetero) is 2. The fraction of sp³-hybridized carbons (Fsp3) is 0.310. The molecule has 3 aliphatic carbocycles. The number of nitrogens with two attached hydrogens (primary N) is 1. The Labute approximate surface area is 228 Å². The van der Waals surface area contributed by atoms with Gasteiger partial charge in [-0.15, -0.1) is 0 Å². The van der Waals surface area contributed by atoms with Gasteiger partial charge in [0.1, 0.15) is 22.8 Å². The van der Waals surface area contributed by atoms with Crippen LogP contribution in [-0.4, -0.2) is 70.7 Å². The minimum Gasteiger partial charge on any atom is -0.508 e. The number of nitrogens with zero attached hydrogens (tertiary/aromatic N) is 1. The van der Waals surface area contributed by atoms with E-state index in [0.29, 0.717) is 27.9 Å². The molecule has 0 heterocycles. The van der Waals surface area contributed by atoms with Gasteiger partial charge in [-0.3, -0.25) is 14.4 Å². The van der Waals surface area contributed by atoms with Crippen molar-refractivity contribution in [2.24, 2.45) is 17.6 Å². The topological polar surface area (TPSA) is 188 Å². The minimum absolute atomic E-state index is 0.00891. The zero-order valence-corrected chi connectivity index (χ0v) is 22.0. The number of hydrogen-bond donors (Lipinski definition) is 5. The molecule has 3 aliphatic rings. The Kier molecular flexibility index (Phi) is 6.22.